The first kappa shape index (κ1) is 17.6. The molecule has 0 aliphatic heterocycles. The van der Waals surface area contributed by atoms with E-state index in [-0.39, 0.29) is 5.91 Å². The van der Waals surface area contributed by atoms with Gasteiger partial charge in [-0.25, -0.2) is 9.97 Å². The molecule has 0 unspecified atom stereocenters. The lowest BCUT2D eigenvalue weighted by Gasteiger charge is -2.09. The first-order chi connectivity index (χ1) is 13.7. The molecule has 0 radical (unpaired) electrons. The van der Waals surface area contributed by atoms with Gasteiger partial charge in [-0.05, 0) is 24.6 Å². The van der Waals surface area contributed by atoms with Crippen LogP contribution in [-0.2, 0) is 6.54 Å². The number of rotatable bonds is 5. The molecule has 2 aromatic carbocycles. The van der Waals surface area contributed by atoms with Crippen LogP contribution in [-0.4, -0.2) is 20.9 Å². The molecule has 0 saturated carbocycles. The number of fused-ring (bicyclic) bond motifs is 1. The standard InChI is InChI=1S/C22H19N5O/c1-15-5-2-6-16(11-15)12-24-21(28)18-13-25-22(26-14-18)27-19-9-3-7-17-8-4-10-23-20(17)19/h2-11,13-14H,12H2,1H3,(H,24,28)(H,25,26,27). The molecule has 4 rings (SSSR count). The number of pyridine rings is 1. The minimum Gasteiger partial charge on any atom is -0.348 e. The average molecular weight is 369 g/mol. The predicted molar refractivity (Wildman–Crippen MR) is 109 cm³/mol. The quantitative estimate of drug-likeness (QED) is 0.556. The van der Waals surface area contributed by atoms with Gasteiger partial charge < -0.3 is 10.6 Å². The molecular formula is C22H19N5O. The van der Waals surface area contributed by atoms with Crippen LogP contribution >= 0.6 is 0 Å². The van der Waals surface area contributed by atoms with Gasteiger partial charge in [0.1, 0.15) is 0 Å². The molecule has 0 fully saturated rings. The zero-order chi connectivity index (χ0) is 19.3. The molecule has 0 bridgehead atoms. The van der Waals surface area contributed by atoms with Gasteiger partial charge in [0.05, 0.1) is 16.8 Å². The number of carbonyl (C=O) groups is 1. The molecular weight excluding hydrogens is 350 g/mol. The van der Waals surface area contributed by atoms with Crippen LogP contribution in [0.3, 0.4) is 0 Å². The van der Waals surface area contributed by atoms with Gasteiger partial charge in [-0.2, -0.15) is 0 Å². The molecule has 0 spiro atoms. The molecule has 0 aliphatic carbocycles. The van der Waals surface area contributed by atoms with Crippen molar-refractivity contribution in [3.05, 3.63) is 89.9 Å². The van der Waals surface area contributed by atoms with Gasteiger partial charge in [-0.15, -0.1) is 0 Å². The van der Waals surface area contributed by atoms with Crippen LogP contribution in [0.1, 0.15) is 21.5 Å². The van der Waals surface area contributed by atoms with Crippen LogP contribution in [0.4, 0.5) is 11.6 Å². The van der Waals surface area contributed by atoms with Gasteiger partial charge in [-0.3, -0.25) is 9.78 Å². The number of hydrogen-bond acceptors (Lipinski definition) is 5. The normalized spacial score (nSPS) is 10.6. The van der Waals surface area contributed by atoms with E-state index >= 15 is 0 Å². The van der Waals surface area contributed by atoms with E-state index in [4.69, 9.17) is 0 Å². The Morgan fingerprint density at radius 3 is 2.57 bits per heavy atom. The Kier molecular flexibility index (Phi) is 4.93. The number of amides is 1. The summed E-state index contributed by atoms with van der Waals surface area (Å²) in [6, 6.07) is 17.8. The zero-order valence-corrected chi connectivity index (χ0v) is 15.4. The summed E-state index contributed by atoms with van der Waals surface area (Å²) in [5.74, 6) is 0.202. The third-order valence-corrected chi connectivity index (χ3v) is 4.33. The van der Waals surface area contributed by atoms with Crippen molar-refractivity contribution in [2.45, 2.75) is 13.5 Å². The molecule has 0 aliphatic rings. The number of aromatic nitrogens is 3. The molecule has 2 heterocycles. The smallest absolute Gasteiger partial charge is 0.254 e. The fraction of sp³-hybridized carbons (Fsp3) is 0.0909. The SMILES string of the molecule is Cc1cccc(CNC(=O)c2cnc(Nc3cccc4cccnc34)nc2)c1. The van der Waals surface area contributed by atoms with Crippen molar-refractivity contribution in [1.29, 1.82) is 0 Å². The molecule has 138 valence electrons. The number of carbonyl (C=O) groups excluding carboxylic acids is 1. The Labute approximate surface area is 162 Å². The lowest BCUT2D eigenvalue weighted by Crippen LogP contribution is -2.23. The Morgan fingerprint density at radius 2 is 1.75 bits per heavy atom. The van der Waals surface area contributed by atoms with Gasteiger partial charge in [0.15, 0.2) is 0 Å². The molecule has 28 heavy (non-hydrogen) atoms. The van der Waals surface area contributed by atoms with Crippen molar-refractivity contribution in [3.8, 4) is 0 Å². The van der Waals surface area contributed by atoms with Crippen LogP contribution < -0.4 is 10.6 Å². The van der Waals surface area contributed by atoms with Gasteiger partial charge in [-0.1, -0.05) is 48.0 Å². The number of anilines is 2. The summed E-state index contributed by atoms with van der Waals surface area (Å²) in [7, 11) is 0. The lowest BCUT2D eigenvalue weighted by atomic mass is 10.1. The van der Waals surface area contributed by atoms with Crippen molar-refractivity contribution < 1.29 is 4.79 Å². The molecule has 6 heteroatoms. The second-order valence-electron chi connectivity index (χ2n) is 6.47. The van der Waals surface area contributed by atoms with E-state index < -0.39 is 0 Å². The Morgan fingerprint density at radius 1 is 0.964 bits per heavy atom. The molecule has 4 aromatic rings. The van der Waals surface area contributed by atoms with Crippen molar-refractivity contribution in [2.24, 2.45) is 0 Å². The minimum absolute atomic E-state index is 0.208. The van der Waals surface area contributed by atoms with E-state index in [1.165, 1.54) is 12.4 Å². The molecule has 2 N–H and O–H groups in total. The highest BCUT2D eigenvalue weighted by atomic mass is 16.1. The van der Waals surface area contributed by atoms with Crippen molar-refractivity contribution in [2.75, 3.05) is 5.32 Å². The number of benzene rings is 2. The number of nitrogens with one attached hydrogen (secondary N) is 2. The molecule has 2 aromatic heterocycles. The van der Waals surface area contributed by atoms with Crippen LogP contribution in [0.2, 0.25) is 0 Å². The Hall–Kier alpha value is -3.80. The third kappa shape index (κ3) is 3.96. The summed E-state index contributed by atoms with van der Waals surface area (Å²) >= 11 is 0. The Balaban J connectivity index is 1.44. The van der Waals surface area contributed by atoms with Crippen molar-refractivity contribution in [3.63, 3.8) is 0 Å². The summed E-state index contributed by atoms with van der Waals surface area (Å²) < 4.78 is 0. The fourth-order valence-electron chi connectivity index (χ4n) is 2.94. The van der Waals surface area contributed by atoms with Crippen LogP contribution in [0, 0.1) is 6.92 Å². The second kappa shape index (κ2) is 7.84. The maximum Gasteiger partial charge on any atom is 0.254 e. The molecule has 0 atom stereocenters. The van der Waals surface area contributed by atoms with Crippen molar-refractivity contribution in [1.82, 2.24) is 20.3 Å². The van der Waals surface area contributed by atoms with Gasteiger partial charge in [0.2, 0.25) is 5.95 Å². The van der Waals surface area contributed by atoms with Crippen LogP contribution in [0.15, 0.2) is 73.2 Å². The second-order valence-corrected chi connectivity index (χ2v) is 6.47. The average Bonchev–Trinajstić information content (AvgIpc) is 2.73. The molecule has 0 saturated heterocycles. The van der Waals surface area contributed by atoms with Gasteiger partial charge >= 0.3 is 0 Å². The summed E-state index contributed by atoms with van der Waals surface area (Å²) in [6.45, 7) is 2.48. The highest BCUT2D eigenvalue weighted by Gasteiger charge is 2.08. The van der Waals surface area contributed by atoms with Gasteiger partial charge in [0, 0.05) is 30.5 Å². The molecule has 1 amide bonds. The maximum atomic E-state index is 12.3. The topological polar surface area (TPSA) is 79.8 Å². The van der Waals surface area contributed by atoms with Gasteiger partial charge in [0.25, 0.3) is 5.91 Å². The number of nitrogens with zero attached hydrogens (tertiary/aromatic N) is 3. The summed E-state index contributed by atoms with van der Waals surface area (Å²) in [5.41, 5.74) is 4.28. The largest absolute Gasteiger partial charge is 0.348 e. The third-order valence-electron chi connectivity index (χ3n) is 4.33. The van der Waals surface area contributed by atoms with Crippen LogP contribution in [0.25, 0.3) is 10.9 Å². The monoisotopic (exact) mass is 369 g/mol. The van der Waals surface area contributed by atoms with E-state index in [2.05, 4.69) is 25.6 Å². The zero-order valence-electron chi connectivity index (χ0n) is 15.4. The lowest BCUT2D eigenvalue weighted by molar-refractivity contribution is 0.0950. The summed E-state index contributed by atoms with van der Waals surface area (Å²) in [5, 5.41) is 7.07. The first-order valence-corrected chi connectivity index (χ1v) is 8.95. The first-order valence-electron chi connectivity index (χ1n) is 8.95. The number of hydrogen-bond donors (Lipinski definition) is 2. The highest BCUT2D eigenvalue weighted by molar-refractivity contribution is 5.94. The summed E-state index contributed by atoms with van der Waals surface area (Å²) in [4.78, 5) is 25.2. The molecule has 6 nitrogen and oxygen atoms in total. The van der Waals surface area contributed by atoms with E-state index in [0.717, 1.165) is 27.7 Å². The maximum absolute atomic E-state index is 12.3. The predicted octanol–water partition coefficient (Wildman–Crippen LogP) is 4.01. The Bertz CT molecular complexity index is 1120. The minimum atomic E-state index is -0.208. The van der Waals surface area contributed by atoms with E-state index in [1.54, 1.807) is 6.20 Å². The number of aryl methyl sites for hydroxylation is 1. The summed E-state index contributed by atoms with van der Waals surface area (Å²) in [6.07, 6.45) is 4.77. The van der Waals surface area contributed by atoms with Crippen LogP contribution in [0.5, 0.6) is 0 Å². The van der Waals surface area contributed by atoms with E-state index in [9.17, 15) is 4.79 Å². The van der Waals surface area contributed by atoms with E-state index in [0.29, 0.717) is 18.1 Å². The number of para-hydroxylation sites is 1. The fourth-order valence-corrected chi connectivity index (χ4v) is 2.94. The van der Waals surface area contributed by atoms with E-state index in [1.807, 2.05) is 61.5 Å². The van der Waals surface area contributed by atoms with Crippen molar-refractivity contribution >= 4 is 28.4 Å². The highest BCUT2D eigenvalue weighted by Crippen LogP contribution is 2.22.